The van der Waals surface area contributed by atoms with Crippen molar-refractivity contribution in [2.45, 2.75) is 5.41 Å². The second-order valence-electron chi connectivity index (χ2n) is 21.5. The van der Waals surface area contributed by atoms with Gasteiger partial charge in [0.2, 0.25) is 0 Å². The van der Waals surface area contributed by atoms with Gasteiger partial charge in [-0.2, -0.15) is 0 Å². The molecule has 2 heteroatoms. The maximum absolute atomic E-state index is 2.38. The number of anilines is 6. The first-order valence-electron chi connectivity index (χ1n) is 28.7. The van der Waals surface area contributed by atoms with Crippen molar-refractivity contribution in [1.82, 2.24) is 0 Å². The maximum atomic E-state index is 2.38. The predicted molar refractivity (Wildman–Crippen MR) is 350 cm³/mol. The Morgan fingerprint density at radius 1 is 0.217 bits per heavy atom. The first-order chi connectivity index (χ1) is 41.2. The van der Waals surface area contributed by atoms with Crippen molar-refractivity contribution in [1.29, 1.82) is 0 Å². The lowest BCUT2D eigenvalue weighted by Crippen LogP contribution is -2.28. The van der Waals surface area contributed by atoms with E-state index in [-0.39, 0.29) is 0 Å². The molecule has 14 aromatic rings. The standard InChI is InChI=1S/C81H56N2/c1-7-23-59(24-8-1)71-35-19-20-36-74(71)76-51-43-61-55-69(49-53-72(61)79(76)60-25-9-2-10-26-60)82(65-31-15-5-16-32-65)67-45-39-57(40-46-67)58-41-47-68(48-42-58)83(66-33-17-6-18-34-66)70-50-54-73-62(56-70)44-52-77-75-37-21-22-38-78(75)81(80(73)77,63-27-11-3-12-28-63)64-29-13-4-14-30-64/h1-56H. The molecular formula is C81H56N2. The summed E-state index contributed by atoms with van der Waals surface area (Å²) in [6.45, 7) is 0. The lowest BCUT2D eigenvalue weighted by molar-refractivity contribution is 0.775. The molecule has 0 heterocycles. The summed E-state index contributed by atoms with van der Waals surface area (Å²) in [5.74, 6) is 0. The van der Waals surface area contributed by atoms with Gasteiger partial charge in [0.25, 0.3) is 0 Å². The van der Waals surface area contributed by atoms with E-state index < -0.39 is 5.41 Å². The van der Waals surface area contributed by atoms with Crippen LogP contribution < -0.4 is 9.80 Å². The Kier molecular flexibility index (Phi) is 12.5. The number of fused-ring (bicyclic) bond motifs is 6. The van der Waals surface area contributed by atoms with Crippen LogP contribution in [-0.4, -0.2) is 0 Å². The van der Waals surface area contributed by atoms with E-state index in [0.717, 1.165) is 45.3 Å². The average molecular weight is 1060 g/mol. The summed E-state index contributed by atoms with van der Waals surface area (Å²) in [4.78, 5) is 4.75. The molecule has 1 aliphatic carbocycles. The summed E-state index contributed by atoms with van der Waals surface area (Å²) in [6.07, 6.45) is 0. The molecule has 0 aromatic heterocycles. The molecule has 0 unspecified atom stereocenters. The van der Waals surface area contributed by atoms with Gasteiger partial charge in [-0.25, -0.2) is 0 Å². The van der Waals surface area contributed by atoms with Gasteiger partial charge in [-0.05, 0) is 172 Å². The van der Waals surface area contributed by atoms with Crippen LogP contribution in [0.5, 0.6) is 0 Å². The van der Waals surface area contributed by atoms with Crippen LogP contribution in [0, 0.1) is 0 Å². The zero-order chi connectivity index (χ0) is 55.1. The van der Waals surface area contributed by atoms with Gasteiger partial charge in [0.1, 0.15) is 0 Å². The van der Waals surface area contributed by atoms with Gasteiger partial charge in [-0.3, -0.25) is 0 Å². The molecule has 0 spiro atoms. The second kappa shape index (κ2) is 21.0. The SMILES string of the molecule is c1ccc(-c2ccccc2-c2ccc3cc(N(c4ccccc4)c4ccc(-c5ccc(N(c6ccccc6)c6ccc7c8c(ccc7c6)-c6ccccc6C8(c6ccccc6)c6ccccc6)cc5)cc4)ccc3c2-c2ccccc2)cc1. The van der Waals surface area contributed by atoms with E-state index in [2.05, 4.69) is 350 Å². The molecule has 0 radical (unpaired) electrons. The molecule has 0 saturated carbocycles. The van der Waals surface area contributed by atoms with Gasteiger partial charge >= 0.3 is 0 Å². The number of hydrogen-bond acceptors (Lipinski definition) is 2. The highest BCUT2D eigenvalue weighted by Gasteiger charge is 2.47. The van der Waals surface area contributed by atoms with Crippen molar-refractivity contribution in [2.24, 2.45) is 0 Å². The van der Waals surface area contributed by atoms with Crippen molar-refractivity contribution < 1.29 is 0 Å². The quantitative estimate of drug-likeness (QED) is 0.120. The topological polar surface area (TPSA) is 6.48 Å². The van der Waals surface area contributed by atoms with E-state index in [1.54, 1.807) is 0 Å². The van der Waals surface area contributed by atoms with E-state index in [4.69, 9.17) is 0 Å². The summed E-state index contributed by atoms with van der Waals surface area (Å²) in [7, 11) is 0. The van der Waals surface area contributed by atoms with Crippen molar-refractivity contribution in [3.8, 4) is 55.6 Å². The first kappa shape index (κ1) is 49.3. The summed E-state index contributed by atoms with van der Waals surface area (Å²) < 4.78 is 0. The van der Waals surface area contributed by atoms with E-state index in [1.807, 2.05) is 0 Å². The van der Waals surface area contributed by atoms with Crippen LogP contribution >= 0.6 is 0 Å². The van der Waals surface area contributed by atoms with Gasteiger partial charge in [0, 0.05) is 34.1 Å². The van der Waals surface area contributed by atoms with Gasteiger partial charge in [0.05, 0.1) is 5.41 Å². The third-order valence-corrected chi connectivity index (χ3v) is 16.9. The second-order valence-corrected chi connectivity index (χ2v) is 21.5. The monoisotopic (exact) mass is 1060 g/mol. The summed E-state index contributed by atoms with van der Waals surface area (Å²) in [5, 5.41) is 4.83. The minimum Gasteiger partial charge on any atom is -0.310 e. The molecule has 0 amide bonds. The summed E-state index contributed by atoms with van der Waals surface area (Å²) in [5.41, 5.74) is 23.4. The molecule has 14 aromatic carbocycles. The third-order valence-electron chi connectivity index (χ3n) is 16.9. The van der Waals surface area contributed by atoms with Gasteiger partial charge in [0.15, 0.2) is 0 Å². The minimum atomic E-state index is -0.492. The van der Waals surface area contributed by atoms with Crippen LogP contribution in [0.4, 0.5) is 34.1 Å². The Hall–Kier alpha value is -10.8. The lowest BCUT2D eigenvalue weighted by Gasteiger charge is -2.35. The Morgan fingerprint density at radius 3 is 1.13 bits per heavy atom. The molecular weight excluding hydrogens is 1000 g/mol. The Balaban J connectivity index is 0.779. The number of nitrogens with zero attached hydrogens (tertiary/aromatic N) is 2. The zero-order valence-electron chi connectivity index (χ0n) is 45.7. The zero-order valence-corrected chi connectivity index (χ0v) is 45.7. The predicted octanol–water partition coefficient (Wildman–Crippen LogP) is 22.0. The number of para-hydroxylation sites is 2. The van der Waals surface area contributed by atoms with Crippen molar-refractivity contribution in [3.63, 3.8) is 0 Å². The van der Waals surface area contributed by atoms with Crippen molar-refractivity contribution in [2.75, 3.05) is 9.80 Å². The molecule has 0 saturated heterocycles. The highest BCUT2D eigenvalue weighted by Crippen LogP contribution is 2.58. The fraction of sp³-hybridized carbons (Fsp3) is 0.0123. The summed E-state index contributed by atoms with van der Waals surface area (Å²) >= 11 is 0. The van der Waals surface area contributed by atoms with Crippen LogP contribution in [0.3, 0.4) is 0 Å². The largest absolute Gasteiger partial charge is 0.310 e. The van der Waals surface area contributed by atoms with Crippen LogP contribution in [0.25, 0.3) is 77.2 Å². The molecule has 1 aliphatic rings. The molecule has 0 bridgehead atoms. The third kappa shape index (κ3) is 8.59. The van der Waals surface area contributed by atoms with Crippen LogP contribution in [0.2, 0.25) is 0 Å². The Morgan fingerprint density at radius 2 is 0.602 bits per heavy atom. The molecule has 2 nitrogen and oxygen atoms in total. The maximum Gasteiger partial charge on any atom is 0.0719 e. The van der Waals surface area contributed by atoms with E-state index in [0.29, 0.717) is 0 Å². The van der Waals surface area contributed by atoms with Crippen molar-refractivity contribution in [3.05, 3.63) is 362 Å². The number of hydrogen-bond donors (Lipinski definition) is 0. The smallest absolute Gasteiger partial charge is 0.0719 e. The average Bonchev–Trinajstić information content (AvgIpc) is 2.59. The van der Waals surface area contributed by atoms with Crippen LogP contribution in [0.1, 0.15) is 22.3 Å². The molecule has 0 aliphatic heterocycles. The Labute approximate surface area is 485 Å². The highest BCUT2D eigenvalue weighted by molar-refractivity contribution is 6.08. The normalized spacial score (nSPS) is 12.2. The van der Waals surface area contributed by atoms with E-state index in [1.165, 1.54) is 88.3 Å². The molecule has 83 heavy (non-hydrogen) atoms. The lowest BCUT2D eigenvalue weighted by atomic mass is 9.67. The molecule has 15 rings (SSSR count). The van der Waals surface area contributed by atoms with Crippen LogP contribution in [-0.2, 0) is 5.41 Å². The number of rotatable bonds is 12. The molecule has 390 valence electrons. The number of benzene rings is 14. The molecule has 0 N–H and O–H groups in total. The fourth-order valence-electron chi connectivity index (χ4n) is 13.2. The summed E-state index contributed by atoms with van der Waals surface area (Å²) in [6, 6.07) is 124. The van der Waals surface area contributed by atoms with Gasteiger partial charge in [-0.15, -0.1) is 0 Å². The highest BCUT2D eigenvalue weighted by atomic mass is 15.1. The van der Waals surface area contributed by atoms with Crippen LogP contribution in [0.15, 0.2) is 340 Å². The van der Waals surface area contributed by atoms with Crippen molar-refractivity contribution >= 4 is 55.7 Å². The molecule has 0 fully saturated rings. The fourth-order valence-corrected chi connectivity index (χ4v) is 13.2. The minimum absolute atomic E-state index is 0.492. The Bertz CT molecular complexity index is 4580. The van der Waals surface area contributed by atoms with Gasteiger partial charge < -0.3 is 9.80 Å². The van der Waals surface area contributed by atoms with E-state index in [9.17, 15) is 0 Å². The first-order valence-corrected chi connectivity index (χ1v) is 28.7. The molecule has 0 atom stereocenters. The van der Waals surface area contributed by atoms with E-state index >= 15 is 0 Å². The van der Waals surface area contributed by atoms with Gasteiger partial charge in [-0.1, -0.05) is 267 Å².